The van der Waals surface area contributed by atoms with Gasteiger partial charge in [0.25, 0.3) is 11.8 Å². The number of benzene rings is 2. The van der Waals surface area contributed by atoms with Crippen LogP contribution in [0.25, 0.3) is 10.9 Å². The van der Waals surface area contributed by atoms with Crippen LogP contribution in [-0.4, -0.2) is 52.3 Å². The Kier molecular flexibility index (Phi) is 5.34. The van der Waals surface area contributed by atoms with Crippen molar-refractivity contribution in [2.24, 2.45) is 0 Å². The second kappa shape index (κ2) is 8.23. The molecule has 176 valence electrons. The number of amides is 4. The summed E-state index contributed by atoms with van der Waals surface area (Å²) in [7, 11) is 0. The third-order valence-electron chi connectivity index (χ3n) is 6.85. The number of carbonyl (C=O) groups is 3. The number of nitrogens with zero attached hydrogens (tertiary/aromatic N) is 3. The summed E-state index contributed by atoms with van der Waals surface area (Å²) in [6.07, 6.45) is 3.69. The monoisotopic (exact) mass is 463 g/mol. The van der Waals surface area contributed by atoms with Crippen LogP contribution in [0.5, 0.6) is 0 Å². The maximum atomic E-state index is 13.7. The number of likely N-dealkylation sites (tertiary alicyclic amines) is 1. The summed E-state index contributed by atoms with van der Waals surface area (Å²) in [6.45, 7) is 4.28. The molecule has 1 aromatic heterocycles. The Labute approximate surface area is 196 Å². The van der Waals surface area contributed by atoms with E-state index in [1.54, 1.807) is 17.0 Å². The first-order valence-corrected chi connectivity index (χ1v) is 11.4. The Bertz CT molecular complexity index is 1290. The van der Waals surface area contributed by atoms with Gasteiger partial charge in [0.2, 0.25) is 0 Å². The van der Waals surface area contributed by atoms with E-state index in [2.05, 4.69) is 42.8 Å². The van der Waals surface area contributed by atoms with Gasteiger partial charge in [-0.15, -0.1) is 0 Å². The van der Waals surface area contributed by atoms with Crippen molar-refractivity contribution in [2.45, 2.75) is 38.3 Å². The fourth-order valence-electron chi connectivity index (χ4n) is 4.98. The summed E-state index contributed by atoms with van der Waals surface area (Å²) >= 11 is 0. The molecule has 2 aromatic carbocycles. The van der Waals surface area contributed by atoms with E-state index in [4.69, 9.17) is 5.10 Å². The van der Waals surface area contributed by atoms with Gasteiger partial charge >= 0.3 is 6.03 Å². The molecular formula is C25H26FN5O3. The zero-order valence-corrected chi connectivity index (χ0v) is 19.1. The lowest BCUT2D eigenvalue weighted by molar-refractivity contribution is -0.124. The standard InChI is InChI=1S/C25H26FN5O3/c1-15-11-16(2)21-18(12-15)13-31(29-21)20-7-9-30(10-8-20)22(32)17-3-5-19(6-4-17)25(14-26)23(33)27-24(34)28-25/h3-6,11-13,20H,7-10,14H2,1-2H3,(H2,27,28,33,34). The van der Waals surface area contributed by atoms with Gasteiger partial charge in [-0.25, -0.2) is 9.18 Å². The lowest BCUT2D eigenvalue weighted by Crippen LogP contribution is -2.46. The van der Waals surface area contributed by atoms with E-state index in [-0.39, 0.29) is 11.9 Å². The van der Waals surface area contributed by atoms with E-state index in [1.807, 2.05) is 4.68 Å². The van der Waals surface area contributed by atoms with Gasteiger partial charge in [0.1, 0.15) is 6.67 Å². The molecule has 4 amide bonds. The molecule has 2 saturated heterocycles. The molecule has 0 aliphatic carbocycles. The molecule has 3 aromatic rings. The van der Waals surface area contributed by atoms with Crippen molar-refractivity contribution in [3.63, 3.8) is 0 Å². The normalized spacial score (nSPS) is 21.1. The van der Waals surface area contributed by atoms with Gasteiger partial charge in [-0.05, 0) is 56.0 Å². The molecule has 0 spiro atoms. The lowest BCUT2D eigenvalue weighted by Gasteiger charge is -2.32. The molecule has 9 heteroatoms. The minimum absolute atomic E-state index is 0.115. The van der Waals surface area contributed by atoms with E-state index in [9.17, 15) is 18.8 Å². The molecule has 34 heavy (non-hydrogen) atoms. The molecular weight excluding hydrogens is 437 g/mol. The van der Waals surface area contributed by atoms with Gasteiger partial charge in [-0.1, -0.05) is 23.8 Å². The number of alkyl halides is 1. The number of imide groups is 1. The number of rotatable bonds is 4. The number of aromatic nitrogens is 2. The van der Waals surface area contributed by atoms with E-state index in [1.165, 1.54) is 17.7 Å². The van der Waals surface area contributed by atoms with Crippen molar-refractivity contribution in [1.29, 1.82) is 0 Å². The number of carbonyl (C=O) groups excluding carboxylic acids is 3. The molecule has 2 N–H and O–H groups in total. The fourth-order valence-corrected chi connectivity index (χ4v) is 4.98. The van der Waals surface area contributed by atoms with Gasteiger partial charge in [-0.2, -0.15) is 5.10 Å². The third-order valence-corrected chi connectivity index (χ3v) is 6.85. The molecule has 0 radical (unpaired) electrons. The highest BCUT2D eigenvalue weighted by Gasteiger charge is 2.48. The first-order chi connectivity index (χ1) is 16.3. The predicted molar refractivity (Wildman–Crippen MR) is 124 cm³/mol. The minimum atomic E-state index is -1.75. The number of nitrogens with one attached hydrogen (secondary N) is 2. The van der Waals surface area contributed by atoms with E-state index in [0.717, 1.165) is 29.3 Å². The summed E-state index contributed by atoms with van der Waals surface area (Å²) in [4.78, 5) is 38.5. The van der Waals surface area contributed by atoms with Crippen molar-refractivity contribution in [3.05, 3.63) is 64.8 Å². The Balaban J connectivity index is 1.27. The summed E-state index contributed by atoms with van der Waals surface area (Å²) in [6, 6.07) is 9.95. The van der Waals surface area contributed by atoms with Crippen molar-refractivity contribution in [2.75, 3.05) is 19.8 Å². The van der Waals surface area contributed by atoms with Gasteiger partial charge in [0.15, 0.2) is 5.54 Å². The number of piperidine rings is 1. The SMILES string of the molecule is Cc1cc(C)c2nn(C3CCN(C(=O)c4ccc(C5(CF)NC(=O)NC5=O)cc4)CC3)cc2c1. The van der Waals surface area contributed by atoms with Crippen LogP contribution in [0.4, 0.5) is 9.18 Å². The smallest absolute Gasteiger partial charge is 0.322 e. The fraction of sp³-hybridized carbons (Fsp3) is 0.360. The van der Waals surface area contributed by atoms with Crippen LogP contribution in [0.2, 0.25) is 0 Å². The Morgan fingerprint density at radius 2 is 1.85 bits per heavy atom. The Morgan fingerprint density at radius 3 is 2.47 bits per heavy atom. The molecule has 8 nitrogen and oxygen atoms in total. The Hall–Kier alpha value is -3.75. The summed E-state index contributed by atoms with van der Waals surface area (Å²) in [5, 5.41) is 10.4. The van der Waals surface area contributed by atoms with Crippen molar-refractivity contribution < 1.29 is 18.8 Å². The maximum absolute atomic E-state index is 13.7. The van der Waals surface area contributed by atoms with E-state index >= 15 is 0 Å². The number of urea groups is 1. The average Bonchev–Trinajstić information content (AvgIpc) is 3.39. The molecule has 0 bridgehead atoms. The van der Waals surface area contributed by atoms with Crippen molar-refractivity contribution in [1.82, 2.24) is 25.3 Å². The summed E-state index contributed by atoms with van der Waals surface area (Å²) in [5.74, 6) is -0.853. The molecule has 5 rings (SSSR count). The van der Waals surface area contributed by atoms with Crippen LogP contribution in [-0.2, 0) is 10.3 Å². The zero-order valence-electron chi connectivity index (χ0n) is 19.1. The topological polar surface area (TPSA) is 96.3 Å². The third kappa shape index (κ3) is 3.61. The molecule has 1 unspecified atom stereocenters. The van der Waals surface area contributed by atoms with E-state index in [0.29, 0.717) is 24.2 Å². The van der Waals surface area contributed by atoms with Crippen LogP contribution in [0, 0.1) is 13.8 Å². The summed E-state index contributed by atoms with van der Waals surface area (Å²) < 4.78 is 15.8. The molecule has 1 atom stereocenters. The number of halogens is 1. The average molecular weight is 464 g/mol. The van der Waals surface area contributed by atoms with Crippen molar-refractivity contribution >= 4 is 28.7 Å². The lowest BCUT2D eigenvalue weighted by atomic mass is 9.90. The molecule has 2 fully saturated rings. The second-order valence-corrected chi connectivity index (χ2v) is 9.18. The molecule has 0 saturated carbocycles. The van der Waals surface area contributed by atoms with Gasteiger partial charge in [0.05, 0.1) is 11.6 Å². The number of fused-ring (bicyclic) bond motifs is 1. The van der Waals surface area contributed by atoms with Crippen molar-refractivity contribution in [3.8, 4) is 0 Å². The second-order valence-electron chi connectivity index (χ2n) is 9.18. The summed E-state index contributed by atoms with van der Waals surface area (Å²) in [5.41, 5.74) is 2.39. The highest BCUT2D eigenvalue weighted by Crippen LogP contribution is 2.29. The van der Waals surface area contributed by atoms with Crippen LogP contribution in [0.3, 0.4) is 0 Å². The van der Waals surface area contributed by atoms with E-state index < -0.39 is 24.2 Å². The zero-order chi connectivity index (χ0) is 24.0. The quantitative estimate of drug-likeness (QED) is 0.581. The van der Waals surface area contributed by atoms with Crippen LogP contribution >= 0.6 is 0 Å². The highest BCUT2D eigenvalue weighted by atomic mass is 19.1. The number of hydrogen-bond acceptors (Lipinski definition) is 4. The first kappa shape index (κ1) is 22.1. The minimum Gasteiger partial charge on any atom is -0.338 e. The van der Waals surface area contributed by atoms with Crippen LogP contribution < -0.4 is 10.6 Å². The maximum Gasteiger partial charge on any atom is 0.322 e. The van der Waals surface area contributed by atoms with Gasteiger partial charge < -0.3 is 10.2 Å². The Morgan fingerprint density at radius 1 is 1.15 bits per heavy atom. The molecule has 3 heterocycles. The molecule has 2 aliphatic rings. The number of hydrogen-bond donors (Lipinski definition) is 2. The van der Waals surface area contributed by atoms with Crippen LogP contribution in [0.15, 0.2) is 42.6 Å². The molecule has 2 aliphatic heterocycles. The van der Waals surface area contributed by atoms with Crippen LogP contribution in [0.1, 0.15) is 45.9 Å². The first-order valence-electron chi connectivity index (χ1n) is 11.4. The highest BCUT2D eigenvalue weighted by molar-refractivity contribution is 6.07. The number of aryl methyl sites for hydroxylation is 2. The largest absolute Gasteiger partial charge is 0.338 e. The van der Waals surface area contributed by atoms with Gasteiger partial charge in [-0.3, -0.25) is 19.6 Å². The van der Waals surface area contributed by atoms with Gasteiger partial charge in [0, 0.05) is 30.2 Å². The predicted octanol–water partition coefficient (Wildman–Crippen LogP) is 3.13.